The Hall–Kier alpha value is -3.57. The number of nitrogens with one attached hydrogen (secondary N) is 2. The Morgan fingerprint density at radius 1 is 0.970 bits per heavy atom. The fourth-order valence-electron chi connectivity index (χ4n) is 4.19. The van der Waals surface area contributed by atoms with Gasteiger partial charge < -0.3 is 15.4 Å². The largest absolute Gasteiger partial charge is 0.496 e. The molecule has 2 N–H and O–H groups in total. The molecule has 1 saturated heterocycles. The number of rotatable bonds is 8. The summed E-state index contributed by atoms with van der Waals surface area (Å²) >= 11 is 0. The zero-order valence-electron chi connectivity index (χ0n) is 19.4. The van der Waals surface area contributed by atoms with Gasteiger partial charge in [-0.3, -0.25) is 9.69 Å². The van der Waals surface area contributed by atoms with Crippen LogP contribution in [0.5, 0.6) is 5.75 Å². The molecule has 1 amide bonds. The van der Waals surface area contributed by atoms with Gasteiger partial charge in [-0.05, 0) is 62.7 Å². The van der Waals surface area contributed by atoms with Gasteiger partial charge in [-0.15, -0.1) is 0 Å². The van der Waals surface area contributed by atoms with E-state index in [4.69, 9.17) is 4.74 Å². The summed E-state index contributed by atoms with van der Waals surface area (Å²) in [4.78, 5) is 15.5. The average molecular weight is 442 g/mol. The Balaban J connectivity index is 1.50. The molecule has 1 aliphatic heterocycles. The first-order valence-corrected chi connectivity index (χ1v) is 11.4. The monoisotopic (exact) mass is 441 g/mol. The van der Waals surface area contributed by atoms with Crippen molar-refractivity contribution in [2.75, 3.05) is 30.8 Å². The van der Waals surface area contributed by atoms with Gasteiger partial charge in [0.25, 0.3) is 5.91 Å². The molecule has 1 aliphatic rings. The first-order valence-electron chi connectivity index (χ1n) is 11.4. The second kappa shape index (κ2) is 10.4. The summed E-state index contributed by atoms with van der Waals surface area (Å²) in [5, 5.41) is 6.42. The highest BCUT2D eigenvalue weighted by molar-refractivity contribution is 6.06. The molecule has 0 atom stereocenters. The van der Waals surface area contributed by atoms with E-state index in [9.17, 15) is 4.79 Å². The van der Waals surface area contributed by atoms with Crippen molar-refractivity contribution in [1.82, 2.24) is 4.90 Å². The number of methoxy groups -OCH3 is 1. The van der Waals surface area contributed by atoms with E-state index in [0.717, 1.165) is 53.5 Å². The van der Waals surface area contributed by atoms with Crippen molar-refractivity contribution in [2.45, 2.75) is 26.3 Å². The summed E-state index contributed by atoms with van der Waals surface area (Å²) in [5.74, 6) is 0.561. The van der Waals surface area contributed by atoms with Crippen LogP contribution in [0, 0.1) is 6.92 Å². The molecule has 0 spiro atoms. The maximum atomic E-state index is 13.1. The van der Waals surface area contributed by atoms with Crippen molar-refractivity contribution in [2.24, 2.45) is 0 Å². The maximum absolute atomic E-state index is 13.1. The fraction of sp³-hybridized carbons (Fsp3) is 0.250. The highest BCUT2D eigenvalue weighted by Crippen LogP contribution is 2.28. The Morgan fingerprint density at radius 2 is 1.67 bits per heavy atom. The molecule has 170 valence electrons. The Bertz CT molecular complexity index is 1150. The van der Waals surface area contributed by atoms with Crippen LogP contribution in [-0.4, -0.2) is 31.0 Å². The number of nitrogens with zero attached hydrogens (tertiary/aromatic N) is 1. The highest BCUT2D eigenvalue weighted by Gasteiger charge is 2.17. The van der Waals surface area contributed by atoms with Gasteiger partial charge in [0.2, 0.25) is 0 Å². The summed E-state index contributed by atoms with van der Waals surface area (Å²) in [6, 6.07) is 21.4. The molecule has 3 aromatic carbocycles. The molecule has 3 aromatic rings. The van der Waals surface area contributed by atoms with E-state index in [1.807, 2.05) is 73.7 Å². The van der Waals surface area contributed by atoms with E-state index in [0.29, 0.717) is 11.3 Å². The summed E-state index contributed by atoms with van der Waals surface area (Å²) in [6.45, 7) is 9.32. The van der Waals surface area contributed by atoms with Gasteiger partial charge in [0.05, 0.1) is 12.8 Å². The lowest BCUT2D eigenvalue weighted by molar-refractivity contribution is 0.102. The topological polar surface area (TPSA) is 53.6 Å². The van der Waals surface area contributed by atoms with Crippen LogP contribution in [0.4, 0.5) is 11.4 Å². The lowest BCUT2D eigenvalue weighted by Gasteiger charge is -2.18. The minimum absolute atomic E-state index is 0.183. The normalized spacial score (nSPS) is 13.5. The first-order chi connectivity index (χ1) is 16.0. The third-order valence-corrected chi connectivity index (χ3v) is 6.07. The van der Waals surface area contributed by atoms with Crippen LogP contribution in [0.3, 0.4) is 0 Å². The second-order valence-corrected chi connectivity index (χ2v) is 8.43. The van der Waals surface area contributed by atoms with Crippen LogP contribution < -0.4 is 15.4 Å². The third-order valence-electron chi connectivity index (χ3n) is 6.07. The number of carbonyl (C=O) groups is 1. The number of aryl methyl sites for hydroxylation is 1. The number of hydrogen-bond donors (Lipinski definition) is 2. The molecule has 1 fully saturated rings. The van der Waals surface area contributed by atoms with E-state index in [-0.39, 0.29) is 5.91 Å². The van der Waals surface area contributed by atoms with E-state index in [1.165, 1.54) is 12.8 Å². The standard InChI is InChI=1S/C28H31N3O2/c1-20-10-4-6-12-25(20)29-21(2)24-11-5-7-13-26(24)30-28(32)22-14-15-23(27(18-22)33-3)19-31-16-8-9-17-31/h4-7,10-15,18,29H,2,8-9,16-17,19H2,1,3H3,(H,30,32). The smallest absolute Gasteiger partial charge is 0.255 e. The molecule has 5 nitrogen and oxygen atoms in total. The molecule has 0 saturated carbocycles. The van der Waals surface area contributed by atoms with Crippen molar-refractivity contribution in [3.05, 3.63) is 95.6 Å². The zero-order chi connectivity index (χ0) is 23.2. The summed E-state index contributed by atoms with van der Waals surface area (Å²) in [7, 11) is 1.65. The molecule has 5 heteroatoms. The molecule has 0 aliphatic carbocycles. The molecule has 0 unspecified atom stereocenters. The molecular formula is C28H31N3O2. The molecular weight excluding hydrogens is 410 g/mol. The maximum Gasteiger partial charge on any atom is 0.255 e. The van der Waals surface area contributed by atoms with Crippen molar-refractivity contribution < 1.29 is 9.53 Å². The second-order valence-electron chi connectivity index (χ2n) is 8.43. The molecule has 0 bridgehead atoms. The van der Waals surface area contributed by atoms with Crippen molar-refractivity contribution in [1.29, 1.82) is 0 Å². The van der Waals surface area contributed by atoms with Crippen molar-refractivity contribution in [3.63, 3.8) is 0 Å². The van der Waals surface area contributed by atoms with Crippen LogP contribution in [-0.2, 0) is 6.54 Å². The van der Waals surface area contributed by atoms with Gasteiger partial charge >= 0.3 is 0 Å². The number of anilines is 2. The average Bonchev–Trinajstić information content (AvgIpc) is 3.34. The third kappa shape index (κ3) is 5.44. The summed E-state index contributed by atoms with van der Waals surface area (Å²) in [6.07, 6.45) is 2.48. The summed E-state index contributed by atoms with van der Waals surface area (Å²) < 4.78 is 5.61. The van der Waals surface area contributed by atoms with Crippen LogP contribution in [0.25, 0.3) is 5.70 Å². The van der Waals surface area contributed by atoms with Crippen molar-refractivity contribution >= 4 is 23.0 Å². The molecule has 1 heterocycles. The number of likely N-dealkylation sites (tertiary alicyclic amines) is 1. The number of hydrogen-bond acceptors (Lipinski definition) is 4. The first kappa shape index (κ1) is 22.6. The summed E-state index contributed by atoms with van der Waals surface area (Å²) in [5.41, 5.74) is 6.04. The predicted molar refractivity (Wildman–Crippen MR) is 136 cm³/mol. The SMILES string of the molecule is C=C(Nc1ccccc1C)c1ccccc1NC(=O)c1ccc(CN2CCCC2)c(OC)c1. The van der Waals surface area contributed by atoms with Gasteiger partial charge in [-0.25, -0.2) is 0 Å². The number of benzene rings is 3. The van der Waals surface area contributed by atoms with Gasteiger partial charge in [0.15, 0.2) is 0 Å². The van der Waals surface area contributed by atoms with E-state index < -0.39 is 0 Å². The lowest BCUT2D eigenvalue weighted by Crippen LogP contribution is -2.19. The minimum Gasteiger partial charge on any atom is -0.496 e. The van der Waals surface area contributed by atoms with E-state index in [2.05, 4.69) is 22.1 Å². The highest BCUT2D eigenvalue weighted by atomic mass is 16.5. The molecule has 4 rings (SSSR count). The van der Waals surface area contributed by atoms with E-state index in [1.54, 1.807) is 7.11 Å². The number of ether oxygens (including phenoxy) is 1. The minimum atomic E-state index is -0.183. The van der Waals surface area contributed by atoms with Gasteiger partial charge in [0, 0.05) is 34.6 Å². The number of amides is 1. The Morgan fingerprint density at radius 3 is 2.39 bits per heavy atom. The van der Waals surface area contributed by atoms with Crippen LogP contribution >= 0.6 is 0 Å². The van der Waals surface area contributed by atoms with Crippen LogP contribution in [0.1, 0.15) is 39.9 Å². The predicted octanol–water partition coefficient (Wildman–Crippen LogP) is 5.93. The van der Waals surface area contributed by atoms with Crippen LogP contribution in [0.15, 0.2) is 73.3 Å². The van der Waals surface area contributed by atoms with E-state index >= 15 is 0 Å². The van der Waals surface area contributed by atoms with Gasteiger partial charge in [-0.2, -0.15) is 0 Å². The number of carbonyl (C=O) groups excluding carboxylic acids is 1. The Labute approximate surface area is 196 Å². The number of para-hydroxylation sites is 2. The van der Waals surface area contributed by atoms with Crippen LogP contribution in [0.2, 0.25) is 0 Å². The zero-order valence-corrected chi connectivity index (χ0v) is 19.4. The quantitative estimate of drug-likeness (QED) is 0.455. The fourth-order valence-corrected chi connectivity index (χ4v) is 4.19. The van der Waals surface area contributed by atoms with Gasteiger partial charge in [-0.1, -0.05) is 49.0 Å². The lowest BCUT2D eigenvalue weighted by atomic mass is 10.1. The molecule has 0 aromatic heterocycles. The Kier molecular flexibility index (Phi) is 7.10. The van der Waals surface area contributed by atoms with Gasteiger partial charge in [0.1, 0.15) is 5.75 Å². The molecule has 33 heavy (non-hydrogen) atoms. The van der Waals surface area contributed by atoms with Crippen molar-refractivity contribution in [3.8, 4) is 5.75 Å². The molecule has 0 radical (unpaired) electrons.